The van der Waals surface area contributed by atoms with E-state index in [-0.39, 0.29) is 18.5 Å². The molecule has 0 aliphatic heterocycles. The lowest BCUT2D eigenvalue weighted by Gasteiger charge is -2.27. The fraction of sp³-hybridized carbons (Fsp3) is 0.467. The molecule has 1 amide bonds. The van der Waals surface area contributed by atoms with Crippen LogP contribution in [0.1, 0.15) is 31.4 Å². The Morgan fingerprint density at radius 3 is 2.43 bits per heavy atom. The highest BCUT2D eigenvalue weighted by Crippen LogP contribution is 2.33. The molecule has 126 valence electrons. The van der Waals surface area contributed by atoms with Crippen molar-refractivity contribution in [1.29, 1.82) is 5.26 Å². The molecule has 1 aromatic carbocycles. The molecule has 4 nitrogen and oxygen atoms in total. The molecule has 1 unspecified atom stereocenters. The van der Waals surface area contributed by atoms with E-state index in [1.54, 1.807) is 13.0 Å². The molecule has 0 bridgehead atoms. The van der Waals surface area contributed by atoms with Crippen molar-refractivity contribution in [3.8, 4) is 6.07 Å². The van der Waals surface area contributed by atoms with E-state index in [4.69, 9.17) is 5.26 Å². The van der Waals surface area contributed by atoms with Gasteiger partial charge in [-0.3, -0.25) is 10.1 Å². The molecular formula is C15H17BrF3N3O. The van der Waals surface area contributed by atoms with Crippen molar-refractivity contribution in [3.63, 3.8) is 0 Å². The first-order chi connectivity index (χ1) is 10.8. The Kier molecular flexibility index (Phi) is 7.52. The van der Waals surface area contributed by atoms with Gasteiger partial charge in [0.1, 0.15) is 12.6 Å². The minimum absolute atomic E-state index is 0.0230. The maximum Gasteiger partial charge on any atom is 0.407 e. The van der Waals surface area contributed by atoms with Gasteiger partial charge in [0.15, 0.2) is 0 Å². The predicted molar refractivity (Wildman–Crippen MR) is 83.4 cm³/mol. The molecule has 2 N–H and O–H groups in total. The third-order valence-electron chi connectivity index (χ3n) is 3.13. The van der Waals surface area contributed by atoms with Gasteiger partial charge in [0.05, 0.1) is 12.1 Å². The van der Waals surface area contributed by atoms with Gasteiger partial charge in [-0.25, -0.2) is 0 Å². The van der Waals surface area contributed by atoms with Crippen molar-refractivity contribution >= 4 is 21.8 Å². The minimum Gasteiger partial charge on any atom is -0.342 e. The summed E-state index contributed by atoms with van der Waals surface area (Å²) in [5.74, 6) is -0.611. The fourth-order valence-corrected chi connectivity index (χ4v) is 2.33. The third kappa shape index (κ3) is 6.20. The standard InChI is InChI=1S/C15H17BrF3N3O/c1-2-3-12(14(23)21-9-8-20)22-13(15(17,18)19)10-4-6-11(16)7-5-10/h4-7,12-13,22H,2-3,9H2,1H3,(H,21,23)/t12-,13?/m0/s1. The lowest BCUT2D eigenvalue weighted by atomic mass is 10.0. The van der Waals surface area contributed by atoms with Gasteiger partial charge < -0.3 is 5.32 Å². The van der Waals surface area contributed by atoms with Crippen LogP contribution in [0.4, 0.5) is 13.2 Å². The number of hydrogen-bond donors (Lipinski definition) is 2. The summed E-state index contributed by atoms with van der Waals surface area (Å²) in [7, 11) is 0. The second-order valence-electron chi connectivity index (χ2n) is 4.91. The first-order valence-electron chi connectivity index (χ1n) is 7.02. The minimum atomic E-state index is -4.55. The summed E-state index contributed by atoms with van der Waals surface area (Å²) < 4.78 is 40.8. The lowest BCUT2D eigenvalue weighted by Crippen LogP contribution is -2.49. The van der Waals surface area contributed by atoms with Gasteiger partial charge in [-0.2, -0.15) is 18.4 Å². The van der Waals surface area contributed by atoms with Crippen molar-refractivity contribution in [2.45, 2.75) is 38.0 Å². The molecule has 0 saturated heterocycles. The average molecular weight is 392 g/mol. The molecule has 0 aromatic heterocycles. The van der Waals surface area contributed by atoms with Crippen LogP contribution in [0.25, 0.3) is 0 Å². The van der Waals surface area contributed by atoms with Crippen LogP contribution in [0.3, 0.4) is 0 Å². The summed E-state index contributed by atoms with van der Waals surface area (Å²) >= 11 is 3.18. The second kappa shape index (κ2) is 8.89. The van der Waals surface area contributed by atoms with E-state index in [1.807, 2.05) is 0 Å². The zero-order valence-electron chi connectivity index (χ0n) is 12.5. The smallest absolute Gasteiger partial charge is 0.342 e. The number of alkyl halides is 3. The Morgan fingerprint density at radius 1 is 1.35 bits per heavy atom. The van der Waals surface area contributed by atoms with Gasteiger partial charge in [-0.05, 0) is 24.1 Å². The molecule has 0 saturated carbocycles. The normalized spacial score (nSPS) is 13.9. The molecule has 1 aromatic rings. The van der Waals surface area contributed by atoms with Gasteiger partial charge in [0.2, 0.25) is 5.91 Å². The molecule has 1 rings (SSSR count). The molecule has 0 aliphatic carbocycles. The van der Waals surface area contributed by atoms with E-state index in [9.17, 15) is 18.0 Å². The number of halogens is 4. The maximum absolute atomic E-state index is 13.4. The predicted octanol–water partition coefficient (Wildman–Crippen LogP) is 3.45. The van der Waals surface area contributed by atoms with Crippen LogP contribution >= 0.6 is 15.9 Å². The van der Waals surface area contributed by atoms with Crippen LogP contribution in [-0.4, -0.2) is 24.7 Å². The van der Waals surface area contributed by atoms with E-state index in [1.165, 1.54) is 24.3 Å². The van der Waals surface area contributed by atoms with E-state index >= 15 is 0 Å². The Bertz CT molecular complexity index is 555. The number of benzene rings is 1. The summed E-state index contributed by atoms with van der Waals surface area (Å²) in [6.45, 7) is 1.53. The molecule has 0 aliphatic rings. The van der Waals surface area contributed by atoms with Gasteiger partial charge in [-0.15, -0.1) is 0 Å². The zero-order valence-corrected chi connectivity index (χ0v) is 14.0. The summed E-state index contributed by atoms with van der Waals surface area (Å²) in [5.41, 5.74) is 0.0230. The molecule has 0 radical (unpaired) electrons. The van der Waals surface area contributed by atoms with Crippen LogP contribution in [0.2, 0.25) is 0 Å². The lowest BCUT2D eigenvalue weighted by molar-refractivity contribution is -0.161. The van der Waals surface area contributed by atoms with Gasteiger partial charge in [0, 0.05) is 4.47 Å². The van der Waals surface area contributed by atoms with Crippen molar-refractivity contribution < 1.29 is 18.0 Å². The monoisotopic (exact) mass is 391 g/mol. The number of nitriles is 1. The molecule has 8 heteroatoms. The summed E-state index contributed by atoms with van der Waals surface area (Å²) in [6.07, 6.45) is -3.78. The third-order valence-corrected chi connectivity index (χ3v) is 3.66. The highest BCUT2D eigenvalue weighted by molar-refractivity contribution is 9.10. The Labute approximate surface area is 141 Å². The van der Waals surface area contributed by atoms with Crippen LogP contribution in [0.15, 0.2) is 28.7 Å². The molecular weight excluding hydrogens is 375 g/mol. The Morgan fingerprint density at radius 2 is 1.96 bits per heavy atom. The van der Waals surface area contributed by atoms with Crippen LogP contribution in [-0.2, 0) is 4.79 Å². The number of nitrogens with zero attached hydrogens (tertiary/aromatic N) is 1. The van der Waals surface area contributed by atoms with Crippen molar-refractivity contribution in [2.24, 2.45) is 0 Å². The number of carbonyl (C=O) groups excluding carboxylic acids is 1. The summed E-state index contributed by atoms with van der Waals surface area (Å²) in [5, 5.41) is 13.1. The SMILES string of the molecule is CCC[C@H](NC(c1ccc(Br)cc1)C(F)(F)F)C(=O)NCC#N. The number of carbonyl (C=O) groups is 1. The topological polar surface area (TPSA) is 64.9 Å². The first kappa shape index (κ1) is 19.5. The molecule has 23 heavy (non-hydrogen) atoms. The van der Waals surface area contributed by atoms with Gasteiger partial charge in [0.25, 0.3) is 0 Å². The Hall–Kier alpha value is -1.59. The van der Waals surface area contributed by atoms with Crippen molar-refractivity contribution in [2.75, 3.05) is 6.54 Å². The maximum atomic E-state index is 13.4. The molecule has 0 spiro atoms. The fourth-order valence-electron chi connectivity index (χ4n) is 2.06. The average Bonchev–Trinajstić information content (AvgIpc) is 2.49. The molecule has 2 atom stereocenters. The van der Waals surface area contributed by atoms with E-state index in [0.29, 0.717) is 10.9 Å². The van der Waals surface area contributed by atoms with Crippen LogP contribution in [0, 0.1) is 11.3 Å². The summed E-state index contributed by atoms with van der Waals surface area (Å²) in [6, 6.07) is 4.48. The quantitative estimate of drug-likeness (QED) is 0.699. The van der Waals surface area contributed by atoms with Crippen molar-refractivity contribution in [1.82, 2.24) is 10.6 Å². The second-order valence-corrected chi connectivity index (χ2v) is 5.83. The number of rotatable bonds is 7. The largest absolute Gasteiger partial charge is 0.407 e. The van der Waals surface area contributed by atoms with E-state index in [2.05, 4.69) is 26.6 Å². The summed E-state index contributed by atoms with van der Waals surface area (Å²) in [4.78, 5) is 11.9. The van der Waals surface area contributed by atoms with E-state index in [0.717, 1.165) is 0 Å². The highest BCUT2D eigenvalue weighted by atomic mass is 79.9. The Balaban J connectivity index is 2.99. The number of nitrogens with one attached hydrogen (secondary N) is 2. The number of amides is 1. The van der Waals surface area contributed by atoms with Gasteiger partial charge in [-0.1, -0.05) is 41.4 Å². The zero-order chi connectivity index (χ0) is 17.5. The molecule has 0 fully saturated rings. The van der Waals surface area contributed by atoms with Crippen molar-refractivity contribution in [3.05, 3.63) is 34.3 Å². The highest BCUT2D eigenvalue weighted by Gasteiger charge is 2.42. The van der Waals surface area contributed by atoms with Gasteiger partial charge >= 0.3 is 6.18 Å². The van der Waals surface area contributed by atoms with Crippen LogP contribution in [0.5, 0.6) is 0 Å². The van der Waals surface area contributed by atoms with Crippen LogP contribution < -0.4 is 10.6 Å². The first-order valence-corrected chi connectivity index (χ1v) is 7.81. The van der Waals surface area contributed by atoms with E-state index < -0.39 is 24.2 Å². The molecule has 0 heterocycles. The number of hydrogen-bond acceptors (Lipinski definition) is 3.